The fourth-order valence-electron chi connectivity index (χ4n) is 1.10. The van der Waals surface area contributed by atoms with Crippen LogP contribution < -0.4 is 0 Å². The minimum Gasteiger partial charge on any atom is -0.259 e. The second kappa shape index (κ2) is 2.10. The van der Waals surface area contributed by atoms with E-state index in [4.69, 9.17) is 11.6 Å². The number of hydrogen-bond donors (Lipinski definition) is 0. The van der Waals surface area contributed by atoms with E-state index in [1.54, 1.807) is 0 Å². The molecule has 0 saturated heterocycles. The highest BCUT2D eigenvalue weighted by Gasteiger charge is 2.07. The van der Waals surface area contributed by atoms with Gasteiger partial charge in [-0.25, -0.2) is 0 Å². The first-order valence-electron chi connectivity index (χ1n) is 3.18. The summed E-state index contributed by atoms with van der Waals surface area (Å²) in [5.41, 5.74) is 2.18. The van der Waals surface area contributed by atoms with Gasteiger partial charge in [0.05, 0.1) is 10.7 Å². The molecule has 2 heteroatoms. The maximum Gasteiger partial charge on any atom is 0.0847 e. The Morgan fingerprint density at radius 2 is 2.30 bits per heavy atom. The summed E-state index contributed by atoms with van der Waals surface area (Å²) in [7, 11) is 0. The van der Waals surface area contributed by atoms with Gasteiger partial charge in [-0.15, -0.1) is 0 Å². The number of aliphatic imine (C=N–C) groups is 1. The van der Waals surface area contributed by atoms with Crippen LogP contribution in [0.5, 0.6) is 0 Å². The topological polar surface area (TPSA) is 12.4 Å². The Balaban J connectivity index is 2.67. The summed E-state index contributed by atoms with van der Waals surface area (Å²) in [6.45, 7) is 0. The number of hydrogen-bond acceptors (Lipinski definition) is 1. The second-order valence-corrected chi connectivity index (χ2v) is 2.67. The standard InChI is InChI=1S/C8H6ClN/c9-7-3-1-2-6-4-5-10-8(6)7/h1-3,5H,4H2. The molecule has 0 aromatic heterocycles. The number of benzene rings is 1. The Hall–Kier alpha value is -0.820. The van der Waals surface area contributed by atoms with E-state index < -0.39 is 0 Å². The summed E-state index contributed by atoms with van der Waals surface area (Å²) in [5, 5.41) is 0.756. The van der Waals surface area contributed by atoms with Crippen LogP contribution >= 0.6 is 11.6 Å². The highest BCUT2D eigenvalue weighted by molar-refractivity contribution is 6.33. The van der Waals surface area contributed by atoms with Crippen molar-refractivity contribution in [1.82, 2.24) is 0 Å². The molecule has 0 aliphatic carbocycles. The van der Waals surface area contributed by atoms with Crippen LogP contribution in [-0.4, -0.2) is 6.21 Å². The largest absolute Gasteiger partial charge is 0.259 e. The number of halogens is 1. The van der Waals surface area contributed by atoms with Gasteiger partial charge in [-0.05, 0) is 11.6 Å². The molecule has 0 N–H and O–H groups in total. The van der Waals surface area contributed by atoms with Crippen molar-refractivity contribution in [1.29, 1.82) is 0 Å². The van der Waals surface area contributed by atoms with Crippen molar-refractivity contribution in [2.75, 3.05) is 0 Å². The molecule has 0 unspecified atom stereocenters. The zero-order valence-electron chi connectivity index (χ0n) is 5.34. The van der Waals surface area contributed by atoms with E-state index >= 15 is 0 Å². The van der Waals surface area contributed by atoms with Gasteiger partial charge in [0.2, 0.25) is 0 Å². The van der Waals surface area contributed by atoms with E-state index in [0.717, 1.165) is 17.1 Å². The Morgan fingerprint density at radius 3 is 3.10 bits per heavy atom. The lowest BCUT2D eigenvalue weighted by atomic mass is 10.2. The summed E-state index contributed by atoms with van der Waals surface area (Å²) in [6, 6.07) is 5.87. The van der Waals surface area contributed by atoms with E-state index in [1.807, 2.05) is 24.4 Å². The SMILES string of the molecule is Clc1cccc2c1N=CC2. The number of fused-ring (bicyclic) bond motifs is 1. The van der Waals surface area contributed by atoms with Crippen molar-refractivity contribution in [3.8, 4) is 0 Å². The lowest BCUT2D eigenvalue weighted by Crippen LogP contribution is -1.76. The maximum atomic E-state index is 5.86. The quantitative estimate of drug-likeness (QED) is 0.541. The summed E-state index contributed by atoms with van der Waals surface area (Å²) in [6.07, 6.45) is 2.81. The molecule has 0 bridgehead atoms. The normalized spacial score (nSPS) is 13.7. The minimum atomic E-state index is 0.756. The molecule has 0 atom stereocenters. The molecule has 0 saturated carbocycles. The van der Waals surface area contributed by atoms with Crippen LogP contribution in [0.4, 0.5) is 5.69 Å². The van der Waals surface area contributed by atoms with Gasteiger partial charge < -0.3 is 0 Å². The molecule has 10 heavy (non-hydrogen) atoms. The summed E-state index contributed by atoms with van der Waals surface area (Å²) in [5.74, 6) is 0. The predicted octanol–water partition coefficient (Wildman–Crippen LogP) is 2.60. The molecular formula is C8H6ClN. The lowest BCUT2D eigenvalue weighted by molar-refractivity contribution is 1.41. The average Bonchev–Trinajstić information content (AvgIpc) is 2.36. The summed E-state index contributed by atoms with van der Waals surface area (Å²) in [4.78, 5) is 4.14. The van der Waals surface area contributed by atoms with Crippen LogP contribution in [0.25, 0.3) is 0 Å². The molecular weight excluding hydrogens is 146 g/mol. The Bertz CT molecular complexity index is 291. The third kappa shape index (κ3) is 0.745. The molecule has 0 spiro atoms. The van der Waals surface area contributed by atoms with E-state index in [2.05, 4.69) is 4.99 Å². The molecule has 50 valence electrons. The Morgan fingerprint density at radius 1 is 1.40 bits per heavy atom. The fourth-order valence-corrected chi connectivity index (χ4v) is 1.35. The van der Waals surface area contributed by atoms with Gasteiger partial charge in [0, 0.05) is 12.6 Å². The van der Waals surface area contributed by atoms with Gasteiger partial charge in [-0.2, -0.15) is 0 Å². The van der Waals surface area contributed by atoms with E-state index in [-0.39, 0.29) is 0 Å². The molecule has 0 radical (unpaired) electrons. The monoisotopic (exact) mass is 151 g/mol. The molecule has 1 nitrogen and oxygen atoms in total. The molecule has 1 aliphatic heterocycles. The minimum absolute atomic E-state index is 0.756. The van der Waals surface area contributed by atoms with Gasteiger partial charge in [0.1, 0.15) is 0 Å². The van der Waals surface area contributed by atoms with Crippen LogP contribution in [0.15, 0.2) is 23.2 Å². The van der Waals surface area contributed by atoms with Crippen LogP contribution in [0, 0.1) is 0 Å². The van der Waals surface area contributed by atoms with Crippen molar-refractivity contribution in [2.24, 2.45) is 4.99 Å². The van der Waals surface area contributed by atoms with E-state index in [9.17, 15) is 0 Å². The van der Waals surface area contributed by atoms with Crippen molar-refractivity contribution < 1.29 is 0 Å². The van der Waals surface area contributed by atoms with Crippen LogP contribution in [-0.2, 0) is 6.42 Å². The number of rotatable bonds is 0. The van der Waals surface area contributed by atoms with Crippen LogP contribution in [0.3, 0.4) is 0 Å². The molecule has 1 heterocycles. The smallest absolute Gasteiger partial charge is 0.0847 e. The Labute approximate surface area is 64.4 Å². The van der Waals surface area contributed by atoms with Gasteiger partial charge in [-0.3, -0.25) is 4.99 Å². The van der Waals surface area contributed by atoms with E-state index in [1.165, 1.54) is 5.56 Å². The molecule has 1 aromatic rings. The first-order valence-corrected chi connectivity index (χ1v) is 3.55. The lowest BCUT2D eigenvalue weighted by Gasteiger charge is -1.96. The second-order valence-electron chi connectivity index (χ2n) is 2.26. The van der Waals surface area contributed by atoms with Crippen molar-refractivity contribution >= 4 is 23.5 Å². The summed E-state index contributed by atoms with van der Waals surface area (Å²) < 4.78 is 0. The van der Waals surface area contributed by atoms with Crippen LogP contribution in [0.2, 0.25) is 5.02 Å². The predicted molar refractivity (Wildman–Crippen MR) is 43.3 cm³/mol. The van der Waals surface area contributed by atoms with Gasteiger partial charge in [0.15, 0.2) is 0 Å². The van der Waals surface area contributed by atoms with Crippen molar-refractivity contribution in [2.45, 2.75) is 6.42 Å². The maximum absolute atomic E-state index is 5.86. The number of nitrogens with zero attached hydrogens (tertiary/aromatic N) is 1. The average molecular weight is 152 g/mol. The highest BCUT2D eigenvalue weighted by atomic mass is 35.5. The Kier molecular flexibility index (Phi) is 1.24. The number of para-hydroxylation sites is 1. The molecule has 0 fully saturated rings. The highest BCUT2D eigenvalue weighted by Crippen LogP contribution is 2.31. The molecule has 1 aromatic carbocycles. The fraction of sp³-hybridized carbons (Fsp3) is 0.125. The van der Waals surface area contributed by atoms with Gasteiger partial charge in [-0.1, -0.05) is 23.7 Å². The van der Waals surface area contributed by atoms with E-state index in [0.29, 0.717) is 0 Å². The summed E-state index contributed by atoms with van der Waals surface area (Å²) >= 11 is 5.86. The molecule has 1 aliphatic rings. The first kappa shape index (κ1) is 5.93. The van der Waals surface area contributed by atoms with Crippen LogP contribution in [0.1, 0.15) is 5.56 Å². The van der Waals surface area contributed by atoms with Gasteiger partial charge >= 0.3 is 0 Å². The molecule has 0 amide bonds. The van der Waals surface area contributed by atoms with Crippen molar-refractivity contribution in [3.05, 3.63) is 28.8 Å². The molecule has 2 rings (SSSR count). The third-order valence-electron chi connectivity index (χ3n) is 1.60. The third-order valence-corrected chi connectivity index (χ3v) is 1.91. The zero-order chi connectivity index (χ0) is 6.97. The van der Waals surface area contributed by atoms with Crippen molar-refractivity contribution in [3.63, 3.8) is 0 Å². The first-order chi connectivity index (χ1) is 4.88. The zero-order valence-corrected chi connectivity index (χ0v) is 6.10. The van der Waals surface area contributed by atoms with Gasteiger partial charge in [0.25, 0.3) is 0 Å².